The molecule has 0 amide bonds. The average molecular weight is 612 g/mol. The Morgan fingerprint density at radius 3 is 2.29 bits per heavy atom. The maximum atomic E-state index is 12.8. The molecule has 0 aromatic heterocycles. The summed E-state index contributed by atoms with van der Waals surface area (Å²) >= 11 is 5.60. The largest absolute Gasteiger partial charge is 0.478 e. The number of aliphatic hydroxyl groups excluding tert-OH is 2. The molecule has 0 aliphatic heterocycles. The SMILES string of the molecule is CC(C)=C(Br)CC/C(C(=O)O)=C1/[C@@H](SC(C)C)C[C@@]2(C)[C@H]1C[C@@H](O)C1[C@]2(C)CC[C@H]2[C@H](C)[C@H](O)CC[C@]12C. The molecule has 0 saturated heterocycles. The van der Waals surface area contributed by atoms with Crippen LogP contribution in [-0.4, -0.2) is 44.0 Å². The predicted molar refractivity (Wildman–Crippen MR) is 161 cm³/mol. The highest BCUT2D eigenvalue weighted by molar-refractivity contribution is 9.11. The van der Waals surface area contributed by atoms with Gasteiger partial charge in [0.1, 0.15) is 0 Å². The summed E-state index contributed by atoms with van der Waals surface area (Å²) in [6.45, 7) is 18.0. The van der Waals surface area contributed by atoms with Crippen LogP contribution in [0.2, 0.25) is 0 Å². The van der Waals surface area contributed by atoms with Crippen LogP contribution in [0.25, 0.3) is 0 Å². The highest BCUT2D eigenvalue weighted by Gasteiger charge is 2.70. The summed E-state index contributed by atoms with van der Waals surface area (Å²) in [5.74, 6) is 0.138. The van der Waals surface area contributed by atoms with E-state index in [2.05, 4.69) is 71.3 Å². The lowest BCUT2D eigenvalue weighted by Gasteiger charge is -2.69. The van der Waals surface area contributed by atoms with Crippen molar-refractivity contribution in [3.8, 4) is 0 Å². The molecule has 0 aromatic carbocycles. The second-order valence-corrected chi connectivity index (χ2v) is 17.0. The van der Waals surface area contributed by atoms with Crippen LogP contribution in [0, 0.1) is 39.9 Å². The first-order valence-electron chi connectivity index (χ1n) is 14.9. The van der Waals surface area contributed by atoms with Gasteiger partial charge in [-0.3, -0.25) is 0 Å². The number of aliphatic hydroxyl groups is 2. The predicted octanol–water partition coefficient (Wildman–Crippen LogP) is 7.97. The fraction of sp³-hybridized carbons (Fsp3) is 0.844. The average Bonchev–Trinajstić information content (AvgIpc) is 3.08. The molecule has 4 fully saturated rings. The summed E-state index contributed by atoms with van der Waals surface area (Å²) in [7, 11) is 0. The number of aliphatic carboxylic acids is 1. The molecule has 1 unspecified atom stereocenters. The highest BCUT2D eigenvalue weighted by Crippen LogP contribution is 2.75. The van der Waals surface area contributed by atoms with Crippen molar-refractivity contribution in [2.45, 2.75) is 129 Å². The van der Waals surface area contributed by atoms with Crippen molar-refractivity contribution in [2.24, 2.45) is 39.9 Å². The molecule has 4 saturated carbocycles. The van der Waals surface area contributed by atoms with Gasteiger partial charge in [-0.15, -0.1) is 0 Å². The zero-order valence-electron chi connectivity index (χ0n) is 24.8. The maximum Gasteiger partial charge on any atom is 0.331 e. The molecule has 0 bridgehead atoms. The van der Waals surface area contributed by atoms with E-state index in [0.29, 0.717) is 36.0 Å². The van der Waals surface area contributed by atoms with Crippen LogP contribution in [0.5, 0.6) is 0 Å². The van der Waals surface area contributed by atoms with Crippen LogP contribution in [-0.2, 0) is 4.79 Å². The molecule has 216 valence electrons. The van der Waals surface area contributed by atoms with Crippen molar-refractivity contribution < 1.29 is 20.1 Å². The van der Waals surface area contributed by atoms with Gasteiger partial charge in [-0.1, -0.05) is 63.0 Å². The number of allylic oxidation sites excluding steroid dienone is 2. The van der Waals surface area contributed by atoms with Crippen molar-refractivity contribution >= 4 is 33.7 Å². The minimum absolute atomic E-state index is 0.00383. The van der Waals surface area contributed by atoms with Crippen LogP contribution in [0.4, 0.5) is 0 Å². The number of fused-ring (bicyclic) bond motifs is 5. The number of hydrogen-bond acceptors (Lipinski definition) is 4. The smallest absolute Gasteiger partial charge is 0.331 e. The topological polar surface area (TPSA) is 77.8 Å². The molecule has 4 aliphatic carbocycles. The number of rotatable bonds is 6. The van der Waals surface area contributed by atoms with E-state index in [1.807, 2.05) is 11.8 Å². The highest BCUT2D eigenvalue weighted by atomic mass is 79.9. The maximum absolute atomic E-state index is 12.8. The lowest BCUT2D eigenvalue weighted by Crippen LogP contribution is -2.65. The van der Waals surface area contributed by atoms with Crippen LogP contribution in [0.1, 0.15) is 107 Å². The van der Waals surface area contributed by atoms with Gasteiger partial charge in [-0.25, -0.2) is 4.79 Å². The van der Waals surface area contributed by atoms with Crippen molar-refractivity contribution in [3.63, 3.8) is 0 Å². The van der Waals surface area contributed by atoms with Gasteiger partial charge in [0.25, 0.3) is 0 Å². The summed E-state index contributed by atoms with van der Waals surface area (Å²) in [6, 6.07) is 0. The van der Waals surface area contributed by atoms with E-state index in [9.17, 15) is 20.1 Å². The Morgan fingerprint density at radius 1 is 1.05 bits per heavy atom. The molecule has 38 heavy (non-hydrogen) atoms. The second-order valence-electron chi connectivity index (χ2n) is 14.3. The number of carboxylic acids is 1. The van der Waals surface area contributed by atoms with Gasteiger partial charge in [0, 0.05) is 10.8 Å². The Morgan fingerprint density at radius 2 is 1.71 bits per heavy atom. The van der Waals surface area contributed by atoms with Crippen LogP contribution in [0.3, 0.4) is 0 Å². The summed E-state index contributed by atoms with van der Waals surface area (Å²) in [5, 5.41) is 33.9. The fourth-order valence-corrected chi connectivity index (χ4v) is 11.7. The lowest BCUT2D eigenvalue weighted by atomic mass is 9.36. The van der Waals surface area contributed by atoms with Gasteiger partial charge in [0.2, 0.25) is 0 Å². The van der Waals surface area contributed by atoms with Gasteiger partial charge in [0.15, 0.2) is 0 Å². The van der Waals surface area contributed by atoms with Crippen molar-refractivity contribution in [2.75, 3.05) is 0 Å². The normalized spacial score (nSPS) is 45.7. The first-order chi connectivity index (χ1) is 17.6. The fourth-order valence-electron chi connectivity index (χ4n) is 9.91. The van der Waals surface area contributed by atoms with E-state index >= 15 is 0 Å². The zero-order chi connectivity index (χ0) is 28.4. The molecule has 3 N–H and O–H groups in total. The summed E-state index contributed by atoms with van der Waals surface area (Å²) in [6.07, 6.45) is 6.04. The number of carboxylic acid groups (broad SMARTS) is 1. The van der Waals surface area contributed by atoms with Gasteiger partial charge >= 0.3 is 5.97 Å². The molecule has 4 nitrogen and oxygen atoms in total. The van der Waals surface area contributed by atoms with E-state index in [-0.39, 0.29) is 45.4 Å². The van der Waals surface area contributed by atoms with Crippen molar-refractivity contribution in [1.29, 1.82) is 0 Å². The number of carbonyl (C=O) groups is 1. The Kier molecular flexibility index (Phi) is 8.74. The van der Waals surface area contributed by atoms with Crippen LogP contribution < -0.4 is 0 Å². The molecule has 0 heterocycles. The monoisotopic (exact) mass is 610 g/mol. The van der Waals surface area contributed by atoms with Crippen molar-refractivity contribution in [1.82, 2.24) is 0 Å². The first kappa shape index (κ1) is 30.7. The standard InChI is InChI=1S/C32H51BrO4S/c1-17(2)23(33)10-9-20(29(36)37)27-22-15-25(35)28-30(6)13-12-24(34)19(5)21(30)11-14-31(28,7)32(22,8)16-26(27)38-18(3)4/h18-19,21-22,24-26,28,34-35H,9-16H2,1-8H3,(H,36,37)/b27-20-/t19-,21-,22-,24+,25+,26-,28?,30-,31-,32-/m0/s1. The third kappa shape index (κ3) is 4.79. The Hall–Kier alpha value is -0.300. The number of hydrogen-bond donors (Lipinski definition) is 3. The summed E-state index contributed by atoms with van der Waals surface area (Å²) < 4.78 is 1.08. The molecular formula is C32H51BrO4S. The molecule has 6 heteroatoms. The van der Waals surface area contributed by atoms with Gasteiger partial charge in [0.05, 0.1) is 12.2 Å². The summed E-state index contributed by atoms with van der Waals surface area (Å²) in [4.78, 5) is 12.8. The van der Waals surface area contributed by atoms with E-state index in [1.54, 1.807) is 0 Å². The third-order valence-electron chi connectivity index (χ3n) is 11.9. The lowest BCUT2D eigenvalue weighted by molar-refractivity contribution is -0.233. The second kappa shape index (κ2) is 10.8. The Labute approximate surface area is 243 Å². The third-order valence-corrected chi connectivity index (χ3v) is 14.4. The quantitative estimate of drug-likeness (QED) is 0.266. The molecule has 10 atom stereocenters. The molecule has 4 rings (SSSR count). The van der Waals surface area contributed by atoms with E-state index in [1.165, 1.54) is 5.57 Å². The van der Waals surface area contributed by atoms with Gasteiger partial charge in [-0.05, 0) is 120 Å². The van der Waals surface area contributed by atoms with Crippen LogP contribution >= 0.6 is 27.7 Å². The molecule has 0 radical (unpaired) electrons. The van der Waals surface area contributed by atoms with E-state index in [4.69, 9.17) is 0 Å². The number of halogens is 1. The van der Waals surface area contributed by atoms with Crippen molar-refractivity contribution in [3.05, 3.63) is 21.2 Å². The zero-order valence-corrected chi connectivity index (χ0v) is 27.2. The molecular weight excluding hydrogens is 560 g/mol. The molecule has 4 aliphatic rings. The van der Waals surface area contributed by atoms with E-state index < -0.39 is 12.1 Å². The van der Waals surface area contributed by atoms with E-state index in [0.717, 1.165) is 42.2 Å². The summed E-state index contributed by atoms with van der Waals surface area (Å²) in [5.41, 5.74) is 2.73. The molecule has 0 aromatic rings. The minimum Gasteiger partial charge on any atom is -0.478 e. The first-order valence-corrected chi connectivity index (χ1v) is 16.6. The number of thioether (sulfide) groups is 1. The van der Waals surface area contributed by atoms with Gasteiger partial charge < -0.3 is 15.3 Å². The Bertz CT molecular complexity index is 1000. The van der Waals surface area contributed by atoms with Crippen LogP contribution in [0.15, 0.2) is 21.2 Å². The molecule has 0 spiro atoms. The van der Waals surface area contributed by atoms with Gasteiger partial charge in [-0.2, -0.15) is 11.8 Å². The Balaban J connectivity index is 1.82. The minimum atomic E-state index is -0.791.